The van der Waals surface area contributed by atoms with Gasteiger partial charge in [0, 0.05) is 42.2 Å². The number of aromatic nitrogens is 2. The van der Waals surface area contributed by atoms with Crippen molar-refractivity contribution in [2.45, 2.75) is 44.6 Å². The molecule has 0 fully saturated rings. The molecule has 2 N–H and O–H groups in total. The fraction of sp³-hybridized carbons (Fsp3) is 0.241. The maximum Gasteiger partial charge on any atom is 0.417 e. The number of nitrogens with one attached hydrogen (secondary N) is 2. The van der Waals surface area contributed by atoms with E-state index in [2.05, 4.69) is 39.6 Å². The fourth-order valence-electron chi connectivity index (χ4n) is 5.01. The van der Waals surface area contributed by atoms with E-state index in [0.29, 0.717) is 43.0 Å². The van der Waals surface area contributed by atoms with Crippen LogP contribution in [0.15, 0.2) is 85.2 Å². The van der Waals surface area contributed by atoms with Gasteiger partial charge in [0.25, 0.3) is 0 Å². The summed E-state index contributed by atoms with van der Waals surface area (Å²) in [6.07, 6.45) is -6.82. The van der Waals surface area contributed by atoms with Crippen molar-refractivity contribution in [3.63, 3.8) is 0 Å². The molecule has 4 nitrogen and oxygen atoms in total. The number of hydrogen-bond donors (Lipinski definition) is 2. The van der Waals surface area contributed by atoms with Crippen LogP contribution in [0.1, 0.15) is 50.8 Å². The van der Waals surface area contributed by atoms with E-state index in [-0.39, 0.29) is 30.9 Å². The molecule has 2 aromatic carbocycles. The summed E-state index contributed by atoms with van der Waals surface area (Å²) in [5, 5.41) is 2.94. The summed E-state index contributed by atoms with van der Waals surface area (Å²) in [4.78, 5) is 9.03. The maximum atomic E-state index is 13.0. The van der Waals surface area contributed by atoms with E-state index in [1.165, 1.54) is 11.0 Å². The van der Waals surface area contributed by atoms with Gasteiger partial charge < -0.3 is 35.0 Å². The van der Waals surface area contributed by atoms with E-state index in [9.17, 15) is 26.3 Å². The van der Waals surface area contributed by atoms with Crippen molar-refractivity contribution >= 4 is 0 Å². The highest BCUT2D eigenvalue weighted by atomic mass is 35.5. The number of halogens is 8. The third-order valence-corrected chi connectivity index (χ3v) is 6.87. The van der Waals surface area contributed by atoms with Crippen LogP contribution < -0.4 is 35.0 Å². The lowest BCUT2D eigenvalue weighted by Gasteiger charge is -2.25. The minimum absolute atomic E-state index is 0. The summed E-state index contributed by atoms with van der Waals surface area (Å²) >= 11 is 0. The summed E-state index contributed by atoms with van der Waals surface area (Å²) < 4.78 is 75.6. The standard InChI is InChI=1S/C21H17F3N2.C8H7F3N2.2ClH/c22-21(23,24)18-11-17-13-26(14-19(17)25-12-18)20(15-7-3-1-4-8-15)16-9-5-2-6-10-16;9-8(10,11)6-1-5-2-12-4-7(5)13-3-6;;/h1-12,20H,13-14H2;1,3,12H,2,4H2;2*1H/p-1. The molecule has 2 aliphatic rings. The second-order valence-electron chi connectivity index (χ2n) is 9.52. The van der Waals surface area contributed by atoms with Crippen molar-refractivity contribution in [2.24, 2.45) is 0 Å². The molecule has 0 amide bonds. The first-order chi connectivity index (χ1) is 18.6. The van der Waals surface area contributed by atoms with Crippen molar-refractivity contribution in [3.05, 3.63) is 130 Å². The van der Waals surface area contributed by atoms with Crippen LogP contribution >= 0.6 is 0 Å². The Kier molecular flexibility index (Phi) is 10.4. The Labute approximate surface area is 245 Å². The number of hydrogen-bond acceptors (Lipinski definition) is 3. The van der Waals surface area contributed by atoms with Gasteiger partial charge in [-0.2, -0.15) is 26.3 Å². The summed E-state index contributed by atoms with van der Waals surface area (Å²) in [5.41, 5.74) is 3.76. The largest absolute Gasteiger partial charge is 1.00 e. The third-order valence-electron chi connectivity index (χ3n) is 6.87. The number of nitrogens with zero attached hydrogens (tertiary/aromatic N) is 2. The zero-order chi connectivity index (χ0) is 27.6. The van der Waals surface area contributed by atoms with Crippen LogP contribution in [0.25, 0.3) is 0 Å². The van der Waals surface area contributed by atoms with E-state index in [0.717, 1.165) is 35.3 Å². The molecule has 0 bridgehead atoms. The first-order valence-corrected chi connectivity index (χ1v) is 12.3. The Bertz CT molecular complexity index is 1390. The molecule has 0 aliphatic carbocycles. The predicted molar refractivity (Wildman–Crippen MR) is 132 cm³/mol. The molecule has 12 heteroatoms. The number of benzene rings is 2. The molecular formula is C29H25Cl2F6N4-. The second kappa shape index (κ2) is 13.2. The molecule has 2 aromatic heterocycles. The van der Waals surface area contributed by atoms with E-state index < -0.39 is 23.5 Å². The van der Waals surface area contributed by atoms with Gasteiger partial charge in [0.1, 0.15) is 24.8 Å². The Morgan fingerprint density at radius 2 is 1.12 bits per heavy atom. The molecule has 0 saturated carbocycles. The van der Waals surface area contributed by atoms with Gasteiger partial charge in [0.05, 0.1) is 16.8 Å². The van der Waals surface area contributed by atoms with Gasteiger partial charge in [-0.3, -0.25) is 9.97 Å². The van der Waals surface area contributed by atoms with E-state index in [4.69, 9.17) is 0 Å². The topological polar surface area (TPSA) is 42.2 Å². The molecule has 1 atom stereocenters. The summed E-state index contributed by atoms with van der Waals surface area (Å²) in [7, 11) is 0. The average Bonchev–Trinajstić information content (AvgIpc) is 3.55. The minimum Gasteiger partial charge on any atom is -1.00 e. The van der Waals surface area contributed by atoms with Crippen LogP contribution in [-0.4, -0.2) is 9.97 Å². The number of quaternary nitrogens is 1. The zero-order valence-corrected chi connectivity index (χ0v) is 22.9. The first kappa shape index (κ1) is 32.3. The van der Waals surface area contributed by atoms with Crippen LogP contribution in [0.5, 0.6) is 0 Å². The molecule has 2 aliphatic heterocycles. The second-order valence-corrected chi connectivity index (χ2v) is 9.52. The van der Waals surface area contributed by atoms with Crippen molar-refractivity contribution in [3.8, 4) is 0 Å². The van der Waals surface area contributed by atoms with Crippen molar-refractivity contribution < 1.29 is 56.1 Å². The minimum atomic E-state index is -4.36. The molecule has 0 saturated heterocycles. The van der Waals surface area contributed by atoms with Crippen molar-refractivity contribution in [2.75, 3.05) is 0 Å². The quantitative estimate of drug-likeness (QED) is 0.306. The Balaban J connectivity index is 0.000000262. The summed E-state index contributed by atoms with van der Waals surface area (Å²) in [6.45, 7) is 2.18. The van der Waals surface area contributed by atoms with Gasteiger partial charge in [-0.25, -0.2) is 0 Å². The van der Waals surface area contributed by atoms with Crippen molar-refractivity contribution in [1.29, 1.82) is 0 Å². The van der Waals surface area contributed by atoms with Crippen LogP contribution in [0.3, 0.4) is 0 Å². The SMILES string of the molecule is FC(F)(F)c1cnc2c(c1)CNC2.FC(F)(F)c1cnc2c(c1)C[NH+](C(c1ccccc1)c1ccccc1)C2.[Cl-].[Cl-]. The van der Waals surface area contributed by atoms with Crippen LogP contribution in [-0.2, 0) is 38.5 Å². The molecule has 41 heavy (non-hydrogen) atoms. The van der Waals surface area contributed by atoms with E-state index >= 15 is 0 Å². The molecule has 4 aromatic rings. The van der Waals surface area contributed by atoms with Gasteiger partial charge >= 0.3 is 12.4 Å². The van der Waals surface area contributed by atoms with E-state index in [1.54, 1.807) is 0 Å². The highest BCUT2D eigenvalue weighted by molar-refractivity contribution is 5.32. The lowest BCUT2D eigenvalue weighted by Crippen LogP contribution is -3.08. The zero-order valence-electron chi connectivity index (χ0n) is 21.4. The fourth-order valence-corrected chi connectivity index (χ4v) is 5.01. The number of rotatable bonds is 3. The molecule has 0 radical (unpaired) electrons. The lowest BCUT2D eigenvalue weighted by molar-refractivity contribution is -0.946. The van der Waals surface area contributed by atoms with Crippen molar-refractivity contribution in [1.82, 2.24) is 15.3 Å². The molecule has 1 unspecified atom stereocenters. The number of alkyl halides is 6. The third kappa shape index (κ3) is 7.56. The van der Waals surface area contributed by atoms with Crippen LogP contribution in [0, 0.1) is 0 Å². The molecule has 6 rings (SSSR count). The molecular weight excluding hydrogens is 589 g/mol. The molecule has 218 valence electrons. The van der Waals surface area contributed by atoms with Crippen LogP contribution in [0.2, 0.25) is 0 Å². The number of pyridine rings is 2. The highest BCUT2D eigenvalue weighted by Gasteiger charge is 2.37. The Morgan fingerprint density at radius 1 is 0.634 bits per heavy atom. The lowest BCUT2D eigenvalue weighted by atomic mass is 9.97. The van der Waals surface area contributed by atoms with Gasteiger partial charge in [-0.05, 0) is 17.7 Å². The molecule has 4 heterocycles. The maximum absolute atomic E-state index is 13.0. The van der Waals surface area contributed by atoms with Gasteiger partial charge in [-0.1, -0.05) is 60.7 Å². The number of fused-ring (bicyclic) bond motifs is 2. The smallest absolute Gasteiger partial charge is 0.417 e. The summed E-state index contributed by atoms with van der Waals surface area (Å²) in [5.74, 6) is 0. The molecule has 0 spiro atoms. The van der Waals surface area contributed by atoms with Gasteiger partial charge in [0.2, 0.25) is 0 Å². The van der Waals surface area contributed by atoms with E-state index in [1.807, 2.05) is 36.4 Å². The predicted octanol–water partition coefficient (Wildman–Crippen LogP) is -0.500. The monoisotopic (exact) mass is 613 g/mol. The highest BCUT2D eigenvalue weighted by Crippen LogP contribution is 2.31. The van der Waals surface area contributed by atoms with Gasteiger partial charge in [0.15, 0.2) is 0 Å². The Morgan fingerprint density at radius 3 is 1.63 bits per heavy atom. The normalized spacial score (nSPS) is 15.6. The average molecular weight is 614 g/mol. The summed E-state index contributed by atoms with van der Waals surface area (Å²) in [6, 6.07) is 22.7. The van der Waals surface area contributed by atoms with Gasteiger partial charge in [-0.15, -0.1) is 0 Å². The van der Waals surface area contributed by atoms with Crippen LogP contribution in [0.4, 0.5) is 26.3 Å². The first-order valence-electron chi connectivity index (χ1n) is 12.3. The Hall–Kier alpha value is -3.18.